The van der Waals surface area contributed by atoms with Crippen molar-refractivity contribution in [1.29, 1.82) is 0 Å². The van der Waals surface area contributed by atoms with Crippen LogP contribution < -0.4 is 4.90 Å². The second-order valence-corrected chi connectivity index (χ2v) is 6.51. The number of amides is 2. The molecule has 3 saturated heterocycles. The van der Waals surface area contributed by atoms with E-state index < -0.39 is 0 Å². The van der Waals surface area contributed by atoms with E-state index in [0.29, 0.717) is 11.1 Å². The molecule has 5 heteroatoms. The molecule has 116 valence electrons. The Morgan fingerprint density at radius 1 is 0.957 bits per heavy atom. The van der Waals surface area contributed by atoms with Gasteiger partial charge in [-0.05, 0) is 24.3 Å². The minimum Gasteiger partial charge on any atom is -0.506 e. The zero-order valence-electron chi connectivity index (χ0n) is 12.3. The molecule has 0 aromatic heterocycles. The predicted octanol–water partition coefficient (Wildman–Crippen LogP) is 2.21. The van der Waals surface area contributed by atoms with E-state index in [4.69, 9.17) is 4.74 Å². The van der Waals surface area contributed by atoms with Gasteiger partial charge in [0.2, 0.25) is 11.8 Å². The molecule has 3 fully saturated rings. The summed E-state index contributed by atoms with van der Waals surface area (Å²) in [6.07, 6.45) is 1.37. The van der Waals surface area contributed by atoms with Crippen LogP contribution in [0.5, 0.6) is 5.75 Å². The molecule has 2 aromatic rings. The molecule has 3 aliphatic heterocycles. The van der Waals surface area contributed by atoms with Crippen LogP contribution in [0.25, 0.3) is 10.8 Å². The number of ether oxygens (including phenoxy) is 1. The zero-order valence-corrected chi connectivity index (χ0v) is 12.3. The van der Waals surface area contributed by atoms with Gasteiger partial charge in [0.15, 0.2) is 0 Å². The van der Waals surface area contributed by atoms with Gasteiger partial charge in [-0.1, -0.05) is 30.3 Å². The van der Waals surface area contributed by atoms with Crippen LogP contribution in [0.15, 0.2) is 36.4 Å². The first-order chi connectivity index (χ1) is 11.2. The van der Waals surface area contributed by atoms with Crippen molar-refractivity contribution in [2.24, 2.45) is 11.8 Å². The lowest BCUT2D eigenvalue weighted by Gasteiger charge is -2.20. The van der Waals surface area contributed by atoms with Crippen LogP contribution in [0.4, 0.5) is 5.69 Å². The lowest BCUT2D eigenvalue weighted by molar-refractivity contribution is -0.124. The fourth-order valence-electron chi connectivity index (χ4n) is 4.41. The number of carbonyl (C=O) groups excluding carboxylic acids is 2. The Labute approximate surface area is 132 Å². The summed E-state index contributed by atoms with van der Waals surface area (Å²) >= 11 is 0. The van der Waals surface area contributed by atoms with E-state index in [9.17, 15) is 14.7 Å². The van der Waals surface area contributed by atoms with E-state index in [1.54, 1.807) is 6.07 Å². The maximum absolute atomic E-state index is 12.9. The molecule has 5 nitrogen and oxygen atoms in total. The van der Waals surface area contributed by atoms with Gasteiger partial charge in [0.1, 0.15) is 11.4 Å². The first-order valence-electron chi connectivity index (χ1n) is 7.91. The molecule has 0 saturated carbocycles. The standard InChI is InChI=1S/C18H15NO4/c20-11-6-5-9-3-1-2-4-10(9)16(11)19-17(21)14-12-7-8-13(23-12)15(14)18(19)22/h1-6,12-15,20H,7-8H2/t12-,13+,14-,15+. The summed E-state index contributed by atoms with van der Waals surface area (Å²) in [6, 6.07) is 10.8. The van der Waals surface area contributed by atoms with Crippen LogP contribution in [-0.4, -0.2) is 29.1 Å². The fraction of sp³-hybridized carbons (Fsp3) is 0.333. The average molecular weight is 309 g/mol. The van der Waals surface area contributed by atoms with E-state index >= 15 is 0 Å². The number of rotatable bonds is 1. The van der Waals surface area contributed by atoms with E-state index in [1.165, 1.54) is 11.0 Å². The zero-order chi connectivity index (χ0) is 15.7. The highest BCUT2D eigenvalue weighted by Crippen LogP contribution is 2.51. The van der Waals surface area contributed by atoms with E-state index in [0.717, 1.165) is 18.2 Å². The van der Waals surface area contributed by atoms with E-state index in [-0.39, 0.29) is 41.6 Å². The van der Waals surface area contributed by atoms with Gasteiger partial charge in [0, 0.05) is 5.39 Å². The Balaban J connectivity index is 1.70. The molecule has 1 N–H and O–H groups in total. The quantitative estimate of drug-likeness (QED) is 0.820. The Kier molecular flexibility index (Phi) is 2.46. The van der Waals surface area contributed by atoms with Gasteiger partial charge in [-0.25, -0.2) is 4.90 Å². The lowest BCUT2D eigenvalue weighted by atomic mass is 9.81. The van der Waals surface area contributed by atoms with Crippen LogP contribution in [0.2, 0.25) is 0 Å². The Morgan fingerprint density at radius 3 is 2.30 bits per heavy atom. The predicted molar refractivity (Wildman–Crippen MR) is 83.0 cm³/mol. The van der Waals surface area contributed by atoms with Crippen LogP contribution in [0.1, 0.15) is 12.8 Å². The van der Waals surface area contributed by atoms with Crippen LogP contribution in [-0.2, 0) is 14.3 Å². The molecular formula is C18H15NO4. The molecule has 4 atom stereocenters. The monoisotopic (exact) mass is 309 g/mol. The van der Waals surface area contributed by atoms with Gasteiger partial charge in [-0.3, -0.25) is 9.59 Å². The summed E-state index contributed by atoms with van der Waals surface area (Å²) in [4.78, 5) is 27.0. The number of hydrogen-bond acceptors (Lipinski definition) is 4. The Bertz CT molecular complexity index is 833. The van der Waals surface area contributed by atoms with Crippen molar-refractivity contribution in [1.82, 2.24) is 0 Å². The summed E-state index contributed by atoms with van der Waals surface area (Å²) in [5.41, 5.74) is 0.312. The topological polar surface area (TPSA) is 66.8 Å². The molecule has 5 rings (SSSR count). The van der Waals surface area contributed by atoms with Crippen molar-refractivity contribution in [2.75, 3.05) is 4.90 Å². The van der Waals surface area contributed by atoms with Gasteiger partial charge < -0.3 is 9.84 Å². The van der Waals surface area contributed by atoms with E-state index in [2.05, 4.69) is 0 Å². The summed E-state index contributed by atoms with van der Waals surface area (Å²) < 4.78 is 5.75. The summed E-state index contributed by atoms with van der Waals surface area (Å²) in [7, 11) is 0. The van der Waals surface area contributed by atoms with Crippen LogP contribution >= 0.6 is 0 Å². The molecule has 0 aliphatic carbocycles. The molecule has 2 aromatic carbocycles. The summed E-state index contributed by atoms with van der Waals surface area (Å²) in [5, 5.41) is 11.9. The lowest BCUT2D eigenvalue weighted by Crippen LogP contribution is -2.34. The highest BCUT2D eigenvalue weighted by molar-refractivity contribution is 6.26. The third kappa shape index (κ3) is 1.55. The smallest absolute Gasteiger partial charge is 0.240 e. The third-order valence-electron chi connectivity index (χ3n) is 5.39. The molecule has 2 bridgehead atoms. The molecular weight excluding hydrogens is 294 g/mol. The van der Waals surface area contributed by atoms with Crippen molar-refractivity contribution in [3.63, 3.8) is 0 Å². The van der Waals surface area contributed by atoms with Gasteiger partial charge in [-0.15, -0.1) is 0 Å². The Hall–Kier alpha value is -2.40. The fourth-order valence-corrected chi connectivity index (χ4v) is 4.41. The molecule has 0 radical (unpaired) electrons. The second kappa shape index (κ2) is 4.32. The van der Waals surface area contributed by atoms with Crippen molar-refractivity contribution >= 4 is 28.3 Å². The second-order valence-electron chi connectivity index (χ2n) is 6.51. The van der Waals surface area contributed by atoms with Gasteiger partial charge in [0.05, 0.1) is 24.0 Å². The van der Waals surface area contributed by atoms with Crippen LogP contribution in [0, 0.1) is 11.8 Å². The molecule has 3 heterocycles. The summed E-state index contributed by atoms with van der Waals surface area (Å²) in [5.74, 6) is -1.30. The van der Waals surface area contributed by atoms with Crippen molar-refractivity contribution < 1.29 is 19.4 Å². The van der Waals surface area contributed by atoms with Crippen molar-refractivity contribution in [3.8, 4) is 5.75 Å². The van der Waals surface area contributed by atoms with Gasteiger partial charge >= 0.3 is 0 Å². The number of nitrogens with zero attached hydrogens (tertiary/aromatic N) is 1. The molecule has 23 heavy (non-hydrogen) atoms. The number of imide groups is 1. The number of hydrogen-bond donors (Lipinski definition) is 1. The van der Waals surface area contributed by atoms with Crippen LogP contribution in [0.3, 0.4) is 0 Å². The van der Waals surface area contributed by atoms with Gasteiger partial charge in [0.25, 0.3) is 0 Å². The first kappa shape index (κ1) is 13.1. The van der Waals surface area contributed by atoms with E-state index in [1.807, 2.05) is 24.3 Å². The highest BCUT2D eigenvalue weighted by Gasteiger charge is 2.63. The minimum atomic E-state index is -0.389. The molecule has 3 aliphatic rings. The minimum absolute atomic E-state index is 0.0429. The molecule has 2 amide bonds. The average Bonchev–Trinajstić information content (AvgIpc) is 3.23. The maximum Gasteiger partial charge on any atom is 0.240 e. The highest BCUT2D eigenvalue weighted by atomic mass is 16.5. The number of aromatic hydroxyl groups is 1. The molecule has 0 unspecified atom stereocenters. The van der Waals surface area contributed by atoms with Crippen molar-refractivity contribution in [2.45, 2.75) is 25.0 Å². The number of phenols is 1. The number of anilines is 1. The SMILES string of the molecule is O=C1[C@@H]2[C@H](C(=O)N1c1c(O)ccc3ccccc13)[C@H]1CC[C@@H]2O1. The van der Waals surface area contributed by atoms with Crippen molar-refractivity contribution in [3.05, 3.63) is 36.4 Å². The summed E-state index contributed by atoms with van der Waals surface area (Å²) in [6.45, 7) is 0. The maximum atomic E-state index is 12.9. The number of benzene rings is 2. The molecule has 0 spiro atoms. The Morgan fingerprint density at radius 2 is 1.61 bits per heavy atom. The normalized spacial score (nSPS) is 32.1. The van der Waals surface area contributed by atoms with Gasteiger partial charge in [-0.2, -0.15) is 0 Å². The number of phenolic OH excluding ortho intramolecular Hbond substituents is 1. The number of fused-ring (bicyclic) bond motifs is 6. The largest absolute Gasteiger partial charge is 0.506 e. The third-order valence-corrected chi connectivity index (χ3v) is 5.39. The first-order valence-corrected chi connectivity index (χ1v) is 7.91. The number of carbonyl (C=O) groups is 2.